The highest BCUT2D eigenvalue weighted by atomic mass is 35.5. The molecule has 5 aromatic rings. The van der Waals surface area contributed by atoms with Crippen LogP contribution in [0, 0.1) is 32.5 Å². The zero-order valence-corrected chi connectivity index (χ0v) is 39.5. The lowest BCUT2D eigenvalue weighted by atomic mass is 10.0. The predicted molar refractivity (Wildman–Crippen MR) is 256 cm³/mol. The summed E-state index contributed by atoms with van der Waals surface area (Å²) in [7, 11) is 0. The minimum Gasteiger partial charge on any atom is -0.374 e. The Morgan fingerprint density at radius 1 is 0.754 bits per heavy atom. The topological polar surface area (TPSA) is 46.1 Å². The van der Waals surface area contributed by atoms with Gasteiger partial charge >= 0.3 is 0 Å². The summed E-state index contributed by atoms with van der Waals surface area (Å²) in [5.74, 6) is 0.329. The number of hydrogen-bond donors (Lipinski definition) is 0. The molecule has 1 unspecified atom stereocenters. The maximum absolute atomic E-state index is 13.1. The van der Waals surface area contributed by atoms with Crippen LogP contribution in [0.2, 0.25) is 5.02 Å². The molecule has 57 heavy (non-hydrogen) atoms. The molecule has 0 saturated carbocycles. The van der Waals surface area contributed by atoms with Gasteiger partial charge in [-0.2, -0.15) is 0 Å². The minimum atomic E-state index is -0.182. The summed E-state index contributed by atoms with van der Waals surface area (Å²) in [6, 6.07) is 17.3. The second kappa shape index (κ2) is 34.9. The number of benzene rings is 3. The summed E-state index contributed by atoms with van der Waals surface area (Å²) >= 11 is 5.97. The Kier molecular flexibility index (Phi) is 34.8. The van der Waals surface area contributed by atoms with Gasteiger partial charge in [0.2, 0.25) is 0 Å². The van der Waals surface area contributed by atoms with E-state index in [1.54, 1.807) is 37.6 Å². The lowest BCUT2D eigenvalue weighted by molar-refractivity contribution is -0.120. The molecule has 1 aliphatic rings. The van der Waals surface area contributed by atoms with E-state index in [4.69, 9.17) is 11.6 Å². The van der Waals surface area contributed by atoms with Crippen LogP contribution >= 0.6 is 11.6 Å². The first-order chi connectivity index (χ1) is 27.5. The van der Waals surface area contributed by atoms with Gasteiger partial charge in [0, 0.05) is 71.0 Å². The highest BCUT2D eigenvalue weighted by Crippen LogP contribution is 2.26. The van der Waals surface area contributed by atoms with Crippen LogP contribution in [0.5, 0.6) is 0 Å². The molecule has 4 nitrogen and oxygen atoms in total. The summed E-state index contributed by atoms with van der Waals surface area (Å²) in [6.07, 6.45) is 13.1. The molecule has 0 spiro atoms. The third-order valence-corrected chi connectivity index (χ3v) is 8.45. The van der Waals surface area contributed by atoms with E-state index >= 15 is 0 Å². The first-order valence-electron chi connectivity index (χ1n) is 21.2. The number of carbonyl (C=O) groups is 1. The number of fused-ring (bicyclic) bond motifs is 2. The quantitative estimate of drug-likeness (QED) is 0.182. The number of rotatable bonds is 4. The molecule has 1 fully saturated rings. The normalized spacial score (nSPS) is 12.0. The first-order valence-corrected chi connectivity index (χ1v) is 21.5. The van der Waals surface area contributed by atoms with Gasteiger partial charge in [0.15, 0.2) is 0 Å². The van der Waals surface area contributed by atoms with Gasteiger partial charge in [-0.25, -0.2) is 4.39 Å². The van der Waals surface area contributed by atoms with Crippen LogP contribution in [0.25, 0.3) is 33.7 Å². The van der Waals surface area contributed by atoms with Crippen molar-refractivity contribution in [2.24, 2.45) is 5.92 Å². The van der Waals surface area contributed by atoms with Crippen molar-refractivity contribution in [3.8, 4) is 0 Å². The van der Waals surface area contributed by atoms with Gasteiger partial charge in [-0.15, -0.1) is 0 Å². The van der Waals surface area contributed by atoms with Crippen LogP contribution < -0.4 is 0 Å². The maximum atomic E-state index is 13.1. The van der Waals surface area contributed by atoms with Crippen LogP contribution in [-0.2, 0) is 4.79 Å². The minimum absolute atomic E-state index is 0.182. The number of aromatic nitrogens is 2. The zero-order chi connectivity index (χ0) is 44.5. The van der Waals surface area contributed by atoms with E-state index in [2.05, 4.69) is 86.4 Å². The Hall–Kier alpha value is -4.35. The Balaban J connectivity index is -0.000000688. The fraction of sp³-hybridized carbons (Fsp3) is 0.431. The molecular formula is C51H77ClFN3O. The number of halogens is 2. The van der Waals surface area contributed by atoms with Crippen LogP contribution in [0.3, 0.4) is 0 Å². The molecule has 6 heteroatoms. The average Bonchev–Trinajstić information content (AvgIpc) is 3.76. The molecule has 3 aromatic carbocycles. The van der Waals surface area contributed by atoms with Crippen LogP contribution in [0.15, 0.2) is 91.7 Å². The summed E-state index contributed by atoms with van der Waals surface area (Å²) in [5, 5.41) is 4.45. The number of carbonyl (C=O) groups excluding carboxylic acids is 1. The van der Waals surface area contributed by atoms with Gasteiger partial charge in [-0.3, -0.25) is 14.8 Å². The second-order valence-corrected chi connectivity index (χ2v) is 12.3. The Morgan fingerprint density at radius 3 is 1.81 bits per heavy atom. The number of nitrogens with zero attached hydrogens (tertiary/aromatic N) is 3. The summed E-state index contributed by atoms with van der Waals surface area (Å²) < 4.78 is 13.1. The predicted octanol–water partition coefficient (Wildman–Crippen LogP) is 16.3. The van der Waals surface area contributed by atoms with Gasteiger partial charge in [0.05, 0.1) is 5.02 Å². The number of aryl methyl sites for hydroxylation is 3. The number of pyridine rings is 2. The molecule has 0 bridgehead atoms. The number of allylic oxidation sites excluding steroid dienone is 1. The van der Waals surface area contributed by atoms with Crippen molar-refractivity contribution in [1.29, 1.82) is 0 Å². The summed E-state index contributed by atoms with van der Waals surface area (Å²) in [4.78, 5) is 21.8. The van der Waals surface area contributed by atoms with Crippen LogP contribution in [0.4, 0.5) is 4.39 Å². The van der Waals surface area contributed by atoms with E-state index < -0.39 is 0 Å². The van der Waals surface area contributed by atoms with E-state index in [0.29, 0.717) is 11.2 Å². The Labute approximate surface area is 353 Å². The van der Waals surface area contributed by atoms with Crippen molar-refractivity contribution >= 4 is 51.1 Å². The number of Topliss-reactive ketones (excluding diaryl/α,β-unsaturated/α-hetero) is 1. The summed E-state index contributed by atoms with van der Waals surface area (Å²) in [6.45, 7) is 39.9. The van der Waals surface area contributed by atoms with E-state index in [1.807, 2.05) is 101 Å². The highest BCUT2D eigenvalue weighted by molar-refractivity contribution is 6.35. The van der Waals surface area contributed by atoms with Crippen molar-refractivity contribution in [2.45, 2.75) is 131 Å². The third-order valence-electron chi connectivity index (χ3n) is 8.14. The van der Waals surface area contributed by atoms with Crippen molar-refractivity contribution in [2.75, 3.05) is 13.1 Å². The monoisotopic (exact) mass is 802 g/mol. The number of ketones is 1. The third kappa shape index (κ3) is 19.6. The molecule has 0 N–H and O–H groups in total. The molecular weight excluding hydrogens is 725 g/mol. The molecule has 316 valence electrons. The average molecular weight is 803 g/mol. The Morgan fingerprint density at radius 2 is 1.28 bits per heavy atom. The van der Waals surface area contributed by atoms with Gasteiger partial charge in [0.1, 0.15) is 11.6 Å². The van der Waals surface area contributed by atoms with E-state index in [-0.39, 0.29) is 11.7 Å². The molecule has 2 aromatic heterocycles. The number of hydrogen-bond acceptors (Lipinski definition) is 4. The maximum Gasteiger partial charge on any atom is 0.134 e. The van der Waals surface area contributed by atoms with E-state index in [0.717, 1.165) is 46.3 Å². The fourth-order valence-electron chi connectivity index (χ4n) is 5.44. The van der Waals surface area contributed by atoms with Crippen molar-refractivity contribution in [3.05, 3.63) is 130 Å². The lowest BCUT2D eigenvalue weighted by Gasteiger charge is -2.19. The molecule has 0 amide bonds. The first kappa shape index (κ1) is 57.0. The zero-order valence-electron chi connectivity index (χ0n) is 38.8. The molecule has 0 radical (unpaired) electrons. The van der Waals surface area contributed by atoms with Crippen molar-refractivity contribution in [3.63, 3.8) is 0 Å². The van der Waals surface area contributed by atoms with E-state index in [9.17, 15) is 9.18 Å². The summed E-state index contributed by atoms with van der Waals surface area (Å²) in [5.41, 5.74) is 7.12. The van der Waals surface area contributed by atoms with E-state index in [1.165, 1.54) is 40.4 Å². The fourth-order valence-corrected chi connectivity index (χ4v) is 5.66. The van der Waals surface area contributed by atoms with Crippen LogP contribution in [-0.4, -0.2) is 33.7 Å². The molecule has 3 heterocycles. The van der Waals surface area contributed by atoms with Crippen molar-refractivity contribution < 1.29 is 9.18 Å². The highest BCUT2D eigenvalue weighted by Gasteiger charge is 2.25. The largest absolute Gasteiger partial charge is 0.374 e. The van der Waals surface area contributed by atoms with Gasteiger partial charge < -0.3 is 4.90 Å². The van der Waals surface area contributed by atoms with Crippen LogP contribution in [0.1, 0.15) is 138 Å². The molecule has 1 saturated heterocycles. The molecule has 0 aliphatic carbocycles. The van der Waals surface area contributed by atoms with Gasteiger partial charge in [-0.05, 0) is 87.1 Å². The molecule has 6 rings (SSSR count). The Bertz CT molecular complexity index is 1730. The molecule has 1 aliphatic heterocycles. The lowest BCUT2D eigenvalue weighted by Crippen LogP contribution is -2.20. The molecule has 1 atom stereocenters. The number of likely N-dealkylation sites (tertiary alicyclic amines) is 1. The van der Waals surface area contributed by atoms with Crippen molar-refractivity contribution in [1.82, 2.24) is 14.9 Å². The SMILES string of the molecule is C=Cc1c(C)cccc1/C=C(\C)N1CCC(C(C)=O)C1.CC.CC.CC.CC.CC.CCC.Cc1ccc(F)c2ccncc12.Cc1cccc2c(Cl)cncc12. The second-order valence-electron chi connectivity index (χ2n) is 11.9. The van der Waals surface area contributed by atoms with Gasteiger partial charge in [0.25, 0.3) is 0 Å². The van der Waals surface area contributed by atoms with Gasteiger partial charge in [-0.1, -0.05) is 156 Å². The smallest absolute Gasteiger partial charge is 0.134 e. The standard InChI is InChI=1S/C18H23NO.C10H8ClN.C10H8FN.C3H8.5C2H6/c1-5-18-13(2)7-6-8-16(18)11-14(3)19-10-9-17(12-19)15(4)20;1-7-3-2-4-8-9(7)5-12-6-10(8)11;1-7-2-3-10(11)8-4-5-12-6-9(7)8;1-3-2;5*1-2/h5-8,11,17H,1,9-10,12H2,2-4H3;2*2-6H,1H3;3H2,1-2H3;5*1-2H3/b14-11+;;;;;;;;.